The third-order valence-corrected chi connectivity index (χ3v) is 4.73. The van der Waals surface area contributed by atoms with E-state index in [4.69, 9.17) is 16.6 Å². The van der Waals surface area contributed by atoms with Crippen molar-refractivity contribution < 1.29 is 9.21 Å². The van der Waals surface area contributed by atoms with Crippen LogP contribution in [0.5, 0.6) is 0 Å². The highest BCUT2D eigenvalue weighted by Gasteiger charge is 2.20. The first kappa shape index (κ1) is 15.2. The average molecular weight is 315 g/mol. The third-order valence-electron chi connectivity index (χ3n) is 4.41. The van der Waals surface area contributed by atoms with Gasteiger partial charge >= 0.3 is 0 Å². The molecule has 0 saturated heterocycles. The van der Waals surface area contributed by atoms with Gasteiger partial charge in [0.25, 0.3) is 0 Å². The molecule has 0 atom stereocenters. The summed E-state index contributed by atoms with van der Waals surface area (Å²) in [5.41, 5.74) is 2.59. The first-order chi connectivity index (χ1) is 10.6. The molecule has 22 heavy (non-hydrogen) atoms. The third kappa shape index (κ3) is 2.93. The lowest BCUT2D eigenvalue weighted by atomic mass is 9.87. The van der Waals surface area contributed by atoms with Crippen LogP contribution in [-0.4, -0.2) is 5.91 Å². The Morgan fingerprint density at radius 1 is 1.27 bits per heavy atom. The monoisotopic (exact) mass is 315 g/mol. The highest BCUT2D eigenvalue weighted by Crippen LogP contribution is 2.36. The maximum absolute atomic E-state index is 11.4. The molecule has 3 nitrogen and oxygen atoms in total. The molecule has 4 heteroatoms. The van der Waals surface area contributed by atoms with Gasteiger partial charge in [-0.15, -0.1) is 0 Å². The van der Waals surface area contributed by atoms with Gasteiger partial charge in [-0.1, -0.05) is 37.5 Å². The standard InChI is InChI=1S/C18H21NO2S/c1-11-8-9-14(19-12(2)20)17-16(22)10-15(21-18(11)17)13-6-4-3-5-7-13/h8-10,13H,3-7H2,1-2H3,(H,19,20). The first-order valence-electron chi connectivity index (χ1n) is 7.91. The van der Waals surface area contributed by atoms with Crippen molar-refractivity contribution in [2.45, 2.75) is 51.9 Å². The SMILES string of the molecule is CC(=O)Nc1ccc(C)c2oc(C3CCCCC3)cc(=S)c12. The van der Waals surface area contributed by atoms with Gasteiger partial charge < -0.3 is 9.73 Å². The normalized spacial score (nSPS) is 15.9. The van der Waals surface area contributed by atoms with Crippen molar-refractivity contribution in [3.05, 3.63) is 34.0 Å². The van der Waals surface area contributed by atoms with Gasteiger partial charge in [0, 0.05) is 12.8 Å². The van der Waals surface area contributed by atoms with Crippen LogP contribution in [0, 0.1) is 11.4 Å². The number of aryl methyl sites for hydroxylation is 1. The molecule has 1 fully saturated rings. The summed E-state index contributed by atoms with van der Waals surface area (Å²) in [4.78, 5) is 11.4. The molecule has 0 bridgehead atoms. The van der Waals surface area contributed by atoms with Gasteiger partial charge in [-0.2, -0.15) is 0 Å². The Morgan fingerprint density at radius 2 is 2.00 bits per heavy atom. The highest BCUT2D eigenvalue weighted by atomic mass is 32.1. The molecule has 1 aromatic heterocycles. The minimum atomic E-state index is -0.101. The van der Waals surface area contributed by atoms with Crippen LogP contribution in [0.4, 0.5) is 5.69 Å². The van der Waals surface area contributed by atoms with E-state index in [1.165, 1.54) is 39.0 Å². The molecule has 1 aromatic carbocycles. The number of nitrogens with one attached hydrogen (secondary N) is 1. The lowest BCUT2D eigenvalue weighted by Crippen LogP contribution is -2.07. The maximum atomic E-state index is 11.4. The van der Waals surface area contributed by atoms with Crippen molar-refractivity contribution in [2.75, 3.05) is 5.32 Å². The number of rotatable bonds is 2. The maximum Gasteiger partial charge on any atom is 0.221 e. The summed E-state index contributed by atoms with van der Waals surface area (Å²) in [6, 6.07) is 5.85. The van der Waals surface area contributed by atoms with Crippen LogP contribution < -0.4 is 5.32 Å². The molecule has 0 unspecified atom stereocenters. The zero-order valence-corrected chi connectivity index (χ0v) is 13.9. The summed E-state index contributed by atoms with van der Waals surface area (Å²) >= 11 is 5.60. The molecule has 1 aliphatic rings. The fourth-order valence-electron chi connectivity index (χ4n) is 3.29. The van der Waals surface area contributed by atoms with Crippen molar-refractivity contribution in [1.82, 2.24) is 0 Å². The van der Waals surface area contributed by atoms with Crippen LogP contribution in [0.3, 0.4) is 0 Å². The summed E-state index contributed by atoms with van der Waals surface area (Å²) < 4.78 is 6.98. The van der Waals surface area contributed by atoms with Crippen molar-refractivity contribution in [3.63, 3.8) is 0 Å². The van der Waals surface area contributed by atoms with Gasteiger partial charge in [0.2, 0.25) is 5.91 Å². The minimum Gasteiger partial charge on any atom is -0.460 e. The Morgan fingerprint density at radius 3 is 2.68 bits per heavy atom. The molecule has 1 amide bonds. The molecule has 1 heterocycles. The van der Waals surface area contributed by atoms with Crippen LogP contribution in [-0.2, 0) is 4.79 Å². The fourth-order valence-corrected chi connectivity index (χ4v) is 3.61. The van der Waals surface area contributed by atoms with Gasteiger partial charge in [-0.3, -0.25) is 4.79 Å². The second-order valence-corrected chi connectivity index (χ2v) is 6.60. The van der Waals surface area contributed by atoms with Crippen molar-refractivity contribution >= 4 is 34.8 Å². The van der Waals surface area contributed by atoms with Crippen LogP contribution in [0.2, 0.25) is 0 Å². The van der Waals surface area contributed by atoms with E-state index in [1.54, 1.807) is 0 Å². The second-order valence-electron chi connectivity index (χ2n) is 6.16. The molecular weight excluding hydrogens is 294 g/mol. The Hall–Kier alpha value is -1.68. The molecule has 0 spiro atoms. The number of hydrogen-bond acceptors (Lipinski definition) is 3. The van der Waals surface area contributed by atoms with E-state index < -0.39 is 0 Å². The number of hydrogen-bond donors (Lipinski definition) is 1. The first-order valence-corrected chi connectivity index (χ1v) is 8.32. The molecule has 1 N–H and O–H groups in total. The van der Waals surface area contributed by atoms with E-state index in [0.29, 0.717) is 5.92 Å². The number of carbonyl (C=O) groups is 1. The Labute approximate surface area is 135 Å². The van der Waals surface area contributed by atoms with Crippen molar-refractivity contribution in [1.29, 1.82) is 0 Å². The smallest absolute Gasteiger partial charge is 0.221 e. The topological polar surface area (TPSA) is 42.2 Å². The van der Waals surface area contributed by atoms with Crippen LogP contribution in [0.1, 0.15) is 56.3 Å². The summed E-state index contributed by atoms with van der Waals surface area (Å²) in [6.45, 7) is 3.52. The molecular formula is C18H21NO2S. The van der Waals surface area contributed by atoms with Gasteiger partial charge in [0.1, 0.15) is 11.3 Å². The number of fused-ring (bicyclic) bond motifs is 1. The van der Waals surface area contributed by atoms with Gasteiger partial charge in [0.05, 0.1) is 15.6 Å². The van der Waals surface area contributed by atoms with E-state index in [2.05, 4.69) is 5.32 Å². The zero-order valence-electron chi connectivity index (χ0n) is 13.1. The predicted molar refractivity (Wildman–Crippen MR) is 91.9 cm³/mol. The number of benzene rings is 1. The Kier molecular flexibility index (Phi) is 4.30. The number of anilines is 1. The van der Waals surface area contributed by atoms with E-state index in [-0.39, 0.29) is 5.91 Å². The second kappa shape index (κ2) is 6.21. The minimum absolute atomic E-state index is 0.101. The van der Waals surface area contributed by atoms with E-state index in [9.17, 15) is 4.79 Å². The van der Waals surface area contributed by atoms with Gasteiger partial charge in [0.15, 0.2) is 0 Å². The molecule has 3 rings (SSSR count). The van der Waals surface area contributed by atoms with Gasteiger partial charge in [-0.05, 0) is 37.5 Å². The number of carbonyl (C=O) groups excluding carboxylic acids is 1. The van der Waals surface area contributed by atoms with E-state index in [0.717, 1.165) is 32.5 Å². The molecule has 0 aliphatic heterocycles. The fraction of sp³-hybridized carbons (Fsp3) is 0.444. The molecule has 0 radical (unpaired) electrons. The molecule has 116 valence electrons. The molecule has 1 saturated carbocycles. The summed E-state index contributed by atoms with van der Waals surface area (Å²) in [5, 5.41) is 3.69. The van der Waals surface area contributed by atoms with Crippen LogP contribution >= 0.6 is 12.2 Å². The predicted octanol–water partition coefficient (Wildman–Crippen LogP) is 5.48. The summed E-state index contributed by atoms with van der Waals surface area (Å²) in [6.07, 6.45) is 6.19. The van der Waals surface area contributed by atoms with E-state index in [1.807, 2.05) is 25.1 Å². The van der Waals surface area contributed by atoms with Crippen molar-refractivity contribution in [3.8, 4) is 0 Å². The number of amides is 1. The van der Waals surface area contributed by atoms with Crippen molar-refractivity contribution in [2.24, 2.45) is 0 Å². The largest absolute Gasteiger partial charge is 0.460 e. The Bertz CT molecular complexity index is 772. The lowest BCUT2D eigenvalue weighted by molar-refractivity contribution is -0.114. The van der Waals surface area contributed by atoms with Crippen LogP contribution in [0.25, 0.3) is 11.0 Å². The van der Waals surface area contributed by atoms with E-state index >= 15 is 0 Å². The zero-order chi connectivity index (χ0) is 15.7. The highest BCUT2D eigenvalue weighted by molar-refractivity contribution is 7.71. The summed E-state index contributed by atoms with van der Waals surface area (Å²) in [5.74, 6) is 1.37. The molecule has 1 aliphatic carbocycles. The Balaban J connectivity index is 2.15. The van der Waals surface area contributed by atoms with Gasteiger partial charge in [-0.25, -0.2) is 0 Å². The average Bonchev–Trinajstić information content (AvgIpc) is 2.50. The quantitative estimate of drug-likeness (QED) is 0.746. The summed E-state index contributed by atoms with van der Waals surface area (Å²) in [7, 11) is 0. The van der Waals surface area contributed by atoms with Crippen LogP contribution in [0.15, 0.2) is 22.6 Å². The molecule has 2 aromatic rings. The lowest BCUT2D eigenvalue weighted by Gasteiger charge is -2.21.